The van der Waals surface area contributed by atoms with E-state index in [0.29, 0.717) is 36.4 Å². The van der Waals surface area contributed by atoms with Crippen LogP contribution in [0.4, 0.5) is 0 Å². The second-order valence-electron chi connectivity index (χ2n) is 4.68. The number of aliphatic carboxylic acids is 1. The molecule has 1 aromatic rings. The van der Waals surface area contributed by atoms with Gasteiger partial charge in [0.15, 0.2) is 4.67 Å². The van der Waals surface area contributed by atoms with Gasteiger partial charge in [-0.25, -0.2) is 0 Å². The molecule has 0 bridgehead atoms. The predicted octanol–water partition coefficient (Wildman–Crippen LogP) is 2.63. The molecule has 0 aliphatic heterocycles. The number of nitrogens with zero attached hydrogens (tertiary/aromatic N) is 1. The number of rotatable bonds is 9. The van der Waals surface area contributed by atoms with E-state index >= 15 is 0 Å². The first-order chi connectivity index (χ1) is 9.95. The minimum absolute atomic E-state index is 0.156. The smallest absolute Gasteiger partial charge is 0.308 e. The molecule has 1 unspecified atom stereocenters. The number of amides is 1. The third-order valence-electron chi connectivity index (χ3n) is 2.94. The van der Waals surface area contributed by atoms with Crippen LogP contribution in [0.25, 0.3) is 0 Å². The molecule has 0 saturated heterocycles. The Hall–Kier alpha value is -1.34. The topological polar surface area (TPSA) is 80.0 Å². The lowest BCUT2D eigenvalue weighted by molar-refractivity contribution is -0.141. The van der Waals surface area contributed by atoms with Crippen molar-refractivity contribution in [3.8, 4) is 0 Å². The summed E-state index contributed by atoms with van der Waals surface area (Å²) in [4.78, 5) is 24.9. The van der Waals surface area contributed by atoms with Crippen LogP contribution in [0.15, 0.2) is 21.4 Å². The molecule has 0 saturated carbocycles. The SMILES string of the molecule is CCOCCCN(CC(C)C(=O)O)C(=O)c1coc(Br)c1. The average molecular weight is 362 g/mol. The highest BCUT2D eigenvalue weighted by atomic mass is 79.9. The van der Waals surface area contributed by atoms with E-state index in [4.69, 9.17) is 14.3 Å². The summed E-state index contributed by atoms with van der Waals surface area (Å²) in [6.45, 7) is 5.24. The second-order valence-corrected chi connectivity index (χ2v) is 5.46. The van der Waals surface area contributed by atoms with Gasteiger partial charge in [0.2, 0.25) is 0 Å². The van der Waals surface area contributed by atoms with Gasteiger partial charge in [-0.2, -0.15) is 0 Å². The van der Waals surface area contributed by atoms with E-state index in [-0.39, 0.29) is 12.5 Å². The first-order valence-corrected chi connectivity index (χ1v) is 7.58. The average Bonchev–Trinajstić information content (AvgIpc) is 2.87. The fraction of sp³-hybridized carbons (Fsp3) is 0.571. The first-order valence-electron chi connectivity index (χ1n) is 6.79. The quantitative estimate of drug-likeness (QED) is 0.683. The Balaban J connectivity index is 2.70. The molecule has 0 fully saturated rings. The van der Waals surface area contributed by atoms with Gasteiger partial charge in [-0.1, -0.05) is 6.92 Å². The van der Waals surface area contributed by atoms with Crippen LogP contribution in [0.2, 0.25) is 0 Å². The summed E-state index contributed by atoms with van der Waals surface area (Å²) in [6, 6.07) is 1.57. The highest BCUT2D eigenvalue weighted by Crippen LogP contribution is 2.17. The van der Waals surface area contributed by atoms with Crippen molar-refractivity contribution in [2.75, 3.05) is 26.3 Å². The van der Waals surface area contributed by atoms with Crippen LogP contribution >= 0.6 is 15.9 Å². The Morgan fingerprint density at radius 1 is 1.52 bits per heavy atom. The molecule has 6 nitrogen and oxygen atoms in total. The summed E-state index contributed by atoms with van der Waals surface area (Å²) in [7, 11) is 0. The van der Waals surface area contributed by atoms with Crippen molar-refractivity contribution in [3.05, 3.63) is 22.6 Å². The largest absolute Gasteiger partial charge is 0.481 e. The maximum atomic E-state index is 12.4. The van der Waals surface area contributed by atoms with Crippen LogP contribution < -0.4 is 0 Å². The Bertz CT molecular complexity index is 474. The maximum Gasteiger partial charge on any atom is 0.308 e. The molecule has 0 radical (unpaired) electrons. The maximum absolute atomic E-state index is 12.4. The summed E-state index contributed by atoms with van der Waals surface area (Å²) < 4.78 is 10.8. The summed E-state index contributed by atoms with van der Waals surface area (Å²) in [5.41, 5.74) is 0.399. The van der Waals surface area contributed by atoms with Crippen molar-refractivity contribution in [1.29, 1.82) is 0 Å². The molecule has 0 aliphatic rings. The van der Waals surface area contributed by atoms with E-state index in [9.17, 15) is 9.59 Å². The van der Waals surface area contributed by atoms with Crippen molar-refractivity contribution in [2.24, 2.45) is 5.92 Å². The monoisotopic (exact) mass is 361 g/mol. The highest BCUT2D eigenvalue weighted by Gasteiger charge is 2.22. The van der Waals surface area contributed by atoms with E-state index in [1.807, 2.05) is 6.92 Å². The third-order valence-corrected chi connectivity index (χ3v) is 3.35. The molecule has 7 heteroatoms. The van der Waals surface area contributed by atoms with Gasteiger partial charge in [0.05, 0.1) is 11.5 Å². The molecule has 1 aromatic heterocycles. The molecule has 1 amide bonds. The molecule has 1 rings (SSSR count). The number of hydrogen-bond donors (Lipinski definition) is 1. The standard InChI is InChI=1S/C14H20BrNO5/c1-3-20-6-4-5-16(8-10(2)14(18)19)13(17)11-7-12(15)21-9-11/h7,9-10H,3-6,8H2,1-2H3,(H,18,19). The van der Waals surface area contributed by atoms with Gasteiger partial charge in [0.1, 0.15) is 6.26 Å². The van der Waals surface area contributed by atoms with Crippen LogP contribution in [-0.2, 0) is 9.53 Å². The minimum Gasteiger partial charge on any atom is -0.481 e. The number of hydrogen-bond acceptors (Lipinski definition) is 4. The van der Waals surface area contributed by atoms with Crippen molar-refractivity contribution in [1.82, 2.24) is 4.90 Å². The zero-order valence-electron chi connectivity index (χ0n) is 12.2. The molecule has 118 valence electrons. The fourth-order valence-electron chi connectivity index (χ4n) is 1.79. The van der Waals surface area contributed by atoms with Crippen LogP contribution in [0.3, 0.4) is 0 Å². The highest BCUT2D eigenvalue weighted by molar-refractivity contribution is 9.10. The summed E-state index contributed by atoms with van der Waals surface area (Å²) in [6.07, 6.45) is 2.01. The van der Waals surface area contributed by atoms with Crippen molar-refractivity contribution >= 4 is 27.8 Å². The van der Waals surface area contributed by atoms with Crippen LogP contribution in [-0.4, -0.2) is 48.2 Å². The van der Waals surface area contributed by atoms with E-state index < -0.39 is 11.9 Å². The Morgan fingerprint density at radius 2 is 2.24 bits per heavy atom. The molecule has 1 N–H and O–H groups in total. The molecular formula is C14H20BrNO5. The van der Waals surface area contributed by atoms with Gasteiger partial charge in [-0.15, -0.1) is 0 Å². The second kappa shape index (κ2) is 8.84. The lowest BCUT2D eigenvalue weighted by atomic mass is 10.1. The van der Waals surface area contributed by atoms with Gasteiger partial charge in [0, 0.05) is 32.4 Å². The van der Waals surface area contributed by atoms with Crippen molar-refractivity contribution in [3.63, 3.8) is 0 Å². The third kappa shape index (κ3) is 5.89. The minimum atomic E-state index is -0.925. The predicted molar refractivity (Wildman–Crippen MR) is 80.2 cm³/mol. The number of ether oxygens (including phenoxy) is 1. The Morgan fingerprint density at radius 3 is 2.76 bits per heavy atom. The van der Waals surface area contributed by atoms with Gasteiger partial charge >= 0.3 is 5.97 Å². The van der Waals surface area contributed by atoms with Crippen LogP contribution in [0.1, 0.15) is 30.6 Å². The molecule has 0 aromatic carbocycles. The summed E-state index contributed by atoms with van der Waals surface area (Å²) in [5.74, 6) is -1.79. The normalized spacial score (nSPS) is 12.1. The number of furan rings is 1. The van der Waals surface area contributed by atoms with Crippen molar-refractivity contribution < 1.29 is 23.8 Å². The van der Waals surface area contributed by atoms with E-state index in [1.165, 1.54) is 11.2 Å². The number of carboxylic acids is 1. The number of carbonyl (C=O) groups excluding carboxylic acids is 1. The van der Waals surface area contributed by atoms with Gasteiger partial charge in [-0.3, -0.25) is 9.59 Å². The fourth-order valence-corrected chi connectivity index (χ4v) is 2.13. The van der Waals surface area contributed by atoms with Crippen LogP contribution in [0, 0.1) is 5.92 Å². The lowest BCUT2D eigenvalue weighted by Crippen LogP contribution is -2.37. The molecule has 21 heavy (non-hydrogen) atoms. The number of carbonyl (C=O) groups is 2. The van der Waals surface area contributed by atoms with Gasteiger partial charge < -0.3 is 19.2 Å². The summed E-state index contributed by atoms with van der Waals surface area (Å²) in [5, 5.41) is 9.01. The Labute approximate surface area is 132 Å². The van der Waals surface area contributed by atoms with E-state index in [2.05, 4.69) is 15.9 Å². The van der Waals surface area contributed by atoms with Gasteiger partial charge in [0.25, 0.3) is 5.91 Å². The zero-order chi connectivity index (χ0) is 15.8. The molecule has 0 spiro atoms. The van der Waals surface area contributed by atoms with Gasteiger partial charge in [-0.05, 0) is 29.3 Å². The first kappa shape index (κ1) is 17.7. The van der Waals surface area contributed by atoms with E-state index in [1.54, 1.807) is 13.0 Å². The zero-order valence-corrected chi connectivity index (χ0v) is 13.8. The molecule has 1 atom stereocenters. The number of halogens is 1. The Kier molecular flexibility index (Phi) is 7.45. The summed E-state index contributed by atoms with van der Waals surface area (Å²) >= 11 is 3.15. The van der Waals surface area contributed by atoms with Crippen LogP contribution in [0.5, 0.6) is 0 Å². The lowest BCUT2D eigenvalue weighted by Gasteiger charge is -2.24. The molecule has 0 aliphatic carbocycles. The molecule has 1 heterocycles. The number of carboxylic acid groups (broad SMARTS) is 1. The van der Waals surface area contributed by atoms with E-state index in [0.717, 1.165) is 0 Å². The molecular weight excluding hydrogens is 342 g/mol. The van der Waals surface area contributed by atoms with Crippen molar-refractivity contribution in [2.45, 2.75) is 20.3 Å².